The van der Waals surface area contributed by atoms with Crippen molar-refractivity contribution in [1.29, 1.82) is 0 Å². The molecular formula is C25H29N11O2. The molecule has 1 aromatic carbocycles. The SMILES string of the molecule is CC[C@@H]1CN(c2cc(-c3n[nH]c4ccc(NC(=O)C5=C(C)N(C)c6nnnn6[C@@H]5C)cc34)ncn2)CCO1. The van der Waals surface area contributed by atoms with Crippen LogP contribution in [-0.2, 0) is 9.53 Å². The molecule has 2 N–H and O–H groups in total. The summed E-state index contributed by atoms with van der Waals surface area (Å²) in [6, 6.07) is 7.30. The first-order valence-corrected chi connectivity index (χ1v) is 12.7. The van der Waals surface area contributed by atoms with Gasteiger partial charge in [0.1, 0.15) is 17.8 Å². The smallest absolute Gasteiger partial charge is 0.255 e. The molecule has 0 saturated carbocycles. The van der Waals surface area contributed by atoms with Crippen LogP contribution in [0.3, 0.4) is 0 Å². The van der Waals surface area contributed by atoms with Gasteiger partial charge >= 0.3 is 0 Å². The molecule has 2 atom stereocenters. The zero-order valence-corrected chi connectivity index (χ0v) is 21.7. The van der Waals surface area contributed by atoms with Crippen molar-refractivity contribution in [1.82, 2.24) is 40.4 Å². The number of nitrogens with one attached hydrogen (secondary N) is 2. The van der Waals surface area contributed by atoms with Crippen LogP contribution in [0.25, 0.3) is 22.3 Å². The van der Waals surface area contributed by atoms with Crippen molar-refractivity contribution < 1.29 is 9.53 Å². The molecule has 2 aliphatic heterocycles. The molecule has 0 unspecified atom stereocenters. The van der Waals surface area contributed by atoms with E-state index in [1.165, 1.54) is 0 Å². The van der Waals surface area contributed by atoms with Gasteiger partial charge in [-0.1, -0.05) is 12.0 Å². The van der Waals surface area contributed by atoms with Crippen LogP contribution >= 0.6 is 0 Å². The van der Waals surface area contributed by atoms with Crippen LogP contribution in [0, 0.1) is 0 Å². The zero-order chi connectivity index (χ0) is 26.4. The summed E-state index contributed by atoms with van der Waals surface area (Å²) in [4.78, 5) is 26.5. The van der Waals surface area contributed by atoms with Gasteiger partial charge in [-0.25, -0.2) is 14.6 Å². The van der Waals surface area contributed by atoms with Crippen LogP contribution in [0.4, 0.5) is 17.5 Å². The normalized spacial score (nSPS) is 19.7. The summed E-state index contributed by atoms with van der Waals surface area (Å²) in [5.41, 5.74) is 4.28. The molecule has 0 aliphatic carbocycles. The lowest BCUT2D eigenvalue weighted by Gasteiger charge is -2.33. The summed E-state index contributed by atoms with van der Waals surface area (Å²) in [6.07, 6.45) is 2.71. The van der Waals surface area contributed by atoms with Crippen LogP contribution in [-0.4, -0.2) is 79.1 Å². The highest BCUT2D eigenvalue weighted by Gasteiger charge is 2.32. The van der Waals surface area contributed by atoms with Gasteiger partial charge in [0.25, 0.3) is 5.91 Å². The maximum absolute atomic E-state index is 13.4. The predicted molar refractivity (Wildman–Crippen MR) is 142 cm³/mol. The topological polar surface area (TPSA) is 143 Å². The number of amides is 1. The molecule has 13 heteroatoms. The Labute approximate surface area is 218 Å². The van der Waals surface area contributed by atoms with Crippen molar-refractivity contribution in [3.05, 3.63) is 41.9 Å². The molecular weight excluding hydrogens is 486 g/mol. The van der Waals surface area contributed by atoms with Crippen molar-refractivity contribution >= 4 is 34.3 Å². The lowest BCUT2D eigenvalue weighted by molar-refractivity contribution is -0.113. The van der Waals surface area contributed by atoms with Gasteiger partial charge in [-0.3, -0.25) is 9.89 Å². The number of tetrazole rings is 1. The minimum absolute atomic E-state index is 0.192. The number of aromatic nitrogens is 8. The fraction of sp³-hybridized carbons (Fsp3) is 0.400. The number of ether oxygens (including phenoxy) is 1. The van der Waals surface area contributed by atoms with E-state index in [1.807, 2.05) is 50.1 Å². The van der Waals surface area contributed by atoms with Gasteiger partial charge in [0.05, 0.1) is 35.5 Å². The second kappa shape index (κ2) is 9.49. The van der Waals surface area contributed by atoms with Crippen molar-refractivity contribution in [3.63, 3.8) is 0 Å². The van der Waals surface area contributed by atoms with Gasteiger partial charge in [0.15, 0.2) is 0 Å². The third-order valence-electron chi connectivity index (χ3n) is 7.33. The Kier molecular flexibility index (Phi) is 5.98. The number of nitrogens with zero attached hydrogens (tertiary/aromatic N) is 9. The van der Waals surface area contributed by atoms with Crippen molar-refractivity contribution in [3.8, 4) is 11.4 Å². The van der Waals surface area contributed by atoms with Crippen molar-refractivity contribution in [2.45, 2.75) is 39.3 Å². The van der Waals surface area contributed by atoms with E-state index >= 15 is 0 Å². The van der Waals surface area contributed by atoms with Crippen molar-refractivity contribution in [2.75, 3.05) is 41.9 Å². The molecule has 6 rings (SSSR count). The van der Waals surface area contributed by atoms with E-state index in [4.69, 9.17) is 4.74 Å². The minimum Gasteiger partial charge on any atom is -0.375 e. The number of morpholine rings is 1. The number of H-pyrrole nitrogens is 1. The molecule has 0 radical (unpaired) electrons. The third-order valence-corrected chi connectivity index (χ3v) is 7.33. The summed E-state index contributed by atoms with van der Waals surface area (Å²) < 4.78 is 7.45. The Bertz CT molecular complexity index is 1540. The fourth-order valence-electron chi connectivity index (χ4n) is 5.08. The van der Waals surface area contributed by atoms with E-state index in [0.29, 0.717) is 35.2 Å². The number of fused-ring (bicyclic) bond motifs is 2. The van der Waals surface area contributed by atoms with Gasteiger partial charge in [-0.2, -0.15) is 5.10 Å². The summed E-state index contributed by atoms with van der Waals surface area (Å²) in [5.74, 6) is 1.23. The van der Waals surface area contributed by atoms with Crippen LogP contribution in [0.15, 0.2) is 41.9 Å². The van der Waals surface area contributed by atoms with Crippen molar-refractivity contribution in [2.24, 2.45) is 0 Å². The Hall–Kier alpha value is -4.39. The van der Waals surface area contributed by atoms with E-state index in [0.717, 1.165) is 41.9 Å². The predicted octanol–water partition coefficient (Wildman–Crippen LogP) is 2.55. The lowest BCUT2D eigenvalue weighted by Crippen LogP contribution is -2.42. The summed E-state index contributed by atoms with van der Waals surface area (Å²) in [5, 5.41) is 23.4. The van der Waals surface area contributed by atoms with Gasteiger partial charge in [0.2, 0.25) is 5.95 Å². The summed E-state index contributed by atoms with van der Waals surface area (Å²) >= 11 is 0. The van der Waals surface area contributed by atoms with Crippen LogP contribution in [0.1, 0.15) is 33.2 Å². The molecule has 38 heavy (non-hydrogen) atoms. The number of allylic oxidation sites excluding steroid dienone is 1. The maximum atomic E-state index is 13.4. The standard InChI is InChI=1S/C25H29N11O2/c1-5-17-12-35(8-9-38-17)21-11-20(26-13-27-21)23-18-10-16(6-7-19(18)29-30-23)28-24(37)22-14(2)34(4)25-31-32-33-36(25)15(22)3/h6-7,10-11,13,15,17H,5,8-9,12H2,1-4H3,(H,28,37)(H,29,30)/t15-,17-/m1/s1. The van der Waals surface area contributed by atoms with Gasteiger partial charge in [0, 0.05) is 43.0 Å². The molecule has 5 heterocycles. The number of rotatable bonds is 5. The zero-order valence-electron chi connectivity index (χ0n) is 21.7. The molecule has 0 bridgehead atoms. The highest BCUT2D eigenvalue weighted by molar-refractivity contribution is 6.07. The number of anilines is 3. The number of carbonyl (C=O) groups is 1. The van der Waals surface area contributed by atoms with E-state index in [1.54, 1.807) is 11.0 Å². The molecule has 1 fully saturated rings. The minimum atomic E-state index is -0.309. The summed E-state index contributed by atoms with van der Waals surface area (Å²) in [7, 11) is 1.84. The first-order valence-electron chi connectivity index (χ1n) is 12.7. The first kappa shape index (κ1) is 24.0. The molecule has 13 nitrogen and oxygen atoms in total. The largest absolute Gasteiger partial charge is 0.375 e. The Morgan fingerprint density at radius 1 is 1.26 bits per heavy atom. The highest BCUT2D eigenvalue weighted by Crippen LogP contribution is 2.33. The molecule has 196 valence electrons. The number of benzene rings is 1. The number of hydrogen-bond acceptors (Lipinski definition) is 10. The van der Waals surface area contributed by atoms with E-state index < -0.39 is 0 Å². The average Bonchev–Trinajstić information content (AvgIpc) is 3.60. The number of aromatic amines is 1. The Balaban J connectivity index is 1.28. The van der Waals surface area contributed by atoms with Gasteiger partial charge in [-0.05, 0) is 48.9 Å². The highest BCUT2D eigenvalue weighted by atomic mass is 16.5. The van der Waals surface area contributed by atoms with Crippen LogP contribution in [0.2, 0.25) is 0 Å². The monoisotopic (exact) mass is 515 g/mol. The average molecular weight is 516 g/mol. The fourth-order valence-corrected chi connectivity index (χ4v) is 5.08. The first-order chi connectivity index (χ1) is 18.4. The lowest BCUT2D eigenvalue weighted by atomic mass is 10.0. The molecule has 1 saturated heterocycles. The van der Waals surface area contributed by atoms with E-state index in [2.05, 4.69) is 52.8 Å². The van der Waals surface area contributed by atoms with Crippen LogP contribution < -0.4 is 15.1 Å². The molecule has 3 aromatic heterocycles. The molecule has 2 aliphatic rings. The second-order valence-corrected chi connectivity index (χ2v) is 9.55. The quantitative estimate of drug-likeness (QED) is 0.407. The van der Waals surface area contributed by atoms with Gasteiger partial charge in [-0.15, -0.1) is 0 Å². The number of hydrogen-bond donors (Lipinski definition) is 2. The van der Waals surface area contributed by atoms with E-state index in [9.17, 15) is 4.79 Å². The molecule has 4 aromatic rings. The number of carbonyl (C=O) groups excluding carboxylic acids is 1. The third kappa shape index (κ3) is 4.04. The molecule has 1 amide bonds. The van der Waals surface area contributed by atoms with Crippen LogP contribution in [0.5, 0.6) is 0 Å². The second-order valence-electron chi connectivity index (χ2n) is 9.55. The molecule has 0 spiro atoms. The summed E-state index contributed by atoms with van der Waals surface area (Å²) in [6.45, 7) is 8.17. The Morgan fingerprint density at radius 2 is 2.13 bits per heavy atom. The Morgan fingerprint density at radius 3 is 2.97 bits per heavy atom. The maximum Gasteiger partial charge on any atom is 0.255 e. The van der Waals surface area contributed by atoms with Gasteiger partial charge < -0.3 is 19.9 Å². The van der Waals surface area contributed by atoms with E-state index in [-0.39, 0.29) is 18.1 Å².